The first kappa shape index (κ1) is 19.4. The summed E-state index contributed by atoms with van der Waals surface area (Å²) < 4.78 is 11.7. The number of phenols is 1. The molecule has 2 aliphatic rings. The molecule has 0 aliphatic carbocycles. The molecule has 0 aromatic heterocycles. The van der Waals surface area contributed by atoms with E-state index in [2.05, 4.69) is 4.90 Å². The van der Waals surface area contributed by atoms with Crippen molar-refractivity contribution < 1.29 is 24.3 Å². The van der Waals surface area contributed by atoms with Crippen LogP contribution in [0.1, 0.15) is 0 Å². The van der Waals surface area contributed by atoms with E-state index in [0.29, 0.717) is 19.7 Å². The number of hydrogen-bond acceptors (Lipinski definition) is 5. The van der Waals surface area contributed by atoms with Gasteiger partial charge < -0.3 is 29.3 Å². The number of likely N-dealkylation sites (N-methyl/N-ethyl adjacent to an activating group) is 1. The topological polar surface area (TPSA) is 66.7 Å². The van der Waals surface area contributed by atoms with Gasteiger partial charge in [-0.05, 0) is 36.4 Å². The van der Waals surface area contributed by atoms with Gasteiger partial charge in [-0.3, -0.25) is 4.79 Å². The van der Waals surface area contributed by atoms with Crippen LogP contribution in [0, 0.1) is 0 Å². The van der Waals surface area contributed by atoms with Crippen molar-refractivity contribution in [1.82, 2.24) is 4.90 Å². The standard InChI is InChI=1S/C22H27N3O4/c1-23(14-19-16-28-20-4-2-3-5-21(20)29-19)22(27)15-24-10-12-25(13-11-24)17-6-8-18(26)9-7-17/h2-9,19,26H,10-16H2,1H3/p+1/t19-/m0/s1. The molecule has 1 saturated heterocycles. The Kier molecular flexibility index (Phi) is 5.76. The zero-order chi connectivity index (χ0) is 20.2. The van der Waals surface area contributed by atoms with Crippen LogP contribution in [0.4, 0.5) is 5.69 Å². The van der Waals surface area contributed by atoms with Gasteiger partial charge in [0.1, 0.15) is 12.4 Å². The Morgan fingerprint density at radius 3 is 2.55 bits per heavy atom. The average molecular weight is 398 g/mol. The third-order valence-corrected chi connectivity index (χ3v) is 5.56. The Morgan fingerprint density at radius 1 is 1.14 bits per heavy atom. The smallest absolute Gasteiger partial charge is 0.277 e. The van der Waals surface area contributed by atoms with E-state index in [4.69, 9.17) is 9.47 Å². The lowest BCUT2D eigenvalue weighted by atomic mass is 10.2. The fourth-order valence-electron chi connectivity index (χ4n) is 3.83. The summed E-state index contributed by atoms with van der Waals surface area (Å²) in [5.41, 5.74) is 1.11. The Hall–Kier alpha value is -2.93. The molecule has 1 amide bonds. The Morgan fingerprint density at radius 2 is 1.83 bits per heavy atom. The highest BCUT2D eigenvalue weighted by atomic mass is 16.6. The van der Waals surface area contributed by atoms with E-state index in [0.717, 1.165) is 43.4 Å². The van der Waals surface area contributed by atoms with Crippen molar-refractivity contribution in [3.05, 3.63) is 48.5 Å². The summed E-state index contributed by atoms with van der Waals surface area (Å²) in [6, 6.07) is 14.9. The number of hydrogen-bond donors (Lipinski definition) is 2. The molecule has 2 heterocycles. The number of benzene rings is 2. The number of nitrogens with one attached hydrogen (secondary N) is 1. The summed E-state index contributed by atoms with van der Waals surface area (Å²) in [5.74, 6) is 1.90. The maximum Gasteiger partial charge on any atom is 0.277 e. The highest BCUT2D eigenvalue weighted by Gasteiger charge is 2.27. The van der Waals surface area contributed by atoms with E-state index in [1.807, 2.05) is 43.4 Å². The third-order valence-electron chi connectivity index (χ3n) is 5.56. The summed E-state index contributed by atoms with van der Waals surface area (Å²) in [6.45, 7) is 5.08. The number of nitrogens with zero attached hydrogens (tertiary/aromatic N) is 2. The van der Waals surface area contributed by atoms with Crippen molar-refractivity contribution in [1.29, 1.82) is 0 Å². The van der Waals surface area contributed by atoms with Crippen molar-refractivity contribution in [3.63, 3.8) is 0 Å². The number of para-hydroxylation sites is 2. The van der Waals surface area contributed by atoms with Crippen LogP contribution >= 0.6 is 0 Å². The van der Waals surface area contributed by atoms with E-state index in [1.54, 1.807) is 17.0 Å². The zero-order valence-corrected chi connectivity index (χ0v) is 16.7. The van der Waals surface area contributed by atoms with Crippen molar-refractivity contribution in [2.24, 2.45) is 0 Å². The second kappa shape index (κ2) is 8.61. The average Bonchev–Trinajstić information content (AvgIpc) is 2.75. The van der Waals surface area contributed by atoms with Crippen LogP contribution in [0.25, 0.3) is 0 Å². The van der Waals surface area contributed by atoms with Crippen LogP contribution in [-0.4, -0.2) is 74.9 Å². The number of piperazine rings is 1. The van der Waals surface area contributed by atoms with Gasteiger partial charge in [-0.1, -0.05) is 12.1 Å². The van der Waals surface area contributed by atoms with E-state index in [1.165, 1.54) is 4.90 Å². The van der Waals surface area contributed by atoms with Crippen molar-refractivity contribution in [2.45, 2.75) is 6.10 Å². The number of quaternary nitrogens is 1. The minimum absolute atomic E-state index is 0.126. The van der Waals surface area contributed by atoms with Crippen LogP contribution in [-0.2, 0) is 4.79 Å². The first-order valence-corrected chi connectivity index (χ1v) is 10.1. The lowest BCUT2D eigenvalue weighted by molar-refractivity contribution is -0.892. The van der Waals surface area contributed by atoms with E-state index in [-0.39, 0.29) is 17.8 Å². The normalized spacial score (nSPS) is 19.1. The van der Waals surface area contributed by atoms with Crippen molar-refractivity contribution in [3.8, 4) is 17.2 Å². The molecule has 29 heavy (non-hydrogen) atoms. The van der Waals surface area contributed by atoms with Crippen LogP contribution in [0.3, 0.4) is 0 Å². The van der Waals surface area contributed by atoms with Crippen LogP contribution in [0.2, 0.25) is 0 Å². The fourth-order valence-corrected chi connectivity index (χ4v) is 3.83. The second-order valence-corrected chi connectivity index (χ2v) is 7.70. The molecular weight excluding hydrogens is 370 g/mol. The predicted molar refractivity (Wildman–Crippen MR) is 110 cm³/mol. The second-order valence-electron chi connectivity index (χ2n) is 7.70. The number of fused-ring (bicyclic) bond motifs is 1. The molecule has 4 rings (SSSR count). The SMILES string of the molecule is CN(C[C@H]1COc2ccccc2O1)C(=O)C[NH+]1CCN(c2ccc(O)cc2)CC1. The third kappa shape index (κ3) is 4.74. The number of aromatic hydroxyl groups is 1. The van der Waals surface area contributed by atoms with Gasteiger partial charge >= 0.3 is 0 Å². The summed E-state index contributed by atoms with van der Waals surface area (Å²) in [7, 11) is 1.83. The molecule has 7 heteroatoms. The van der Waals surface area contributed by atoms with Gasteiger partial charge in [0.2, 0.25) is 0 Å². The Bertz CT molecular complexity index is 834. The fraction of sp³-hybridized carbons (Fsp3) is 0.409. The molecular formula is C22H28N3O4+. The number of carbonyl (C=O) groups excluding carboxylic acids is 1. The predicted octanol–water partition coefficient (Wildman–Crippen LogP) is 0.396. The van der Waals surface area contributed by atoms with Crippen LogP contribution in [0.15, 0.2) is 48.5 Å². The molecule has 2 aromatic carbocycles. The first-order chi connectivity index (χ1) is 14.1. The van der Waals surface area contributed by atoms with Gasteiger partial charge in [0, 0.05) is 12.7 Å². The Balaban J connectivity index is 1.23. The van der Waals surface area contributed by atoms with E-state index < -0.39 is 0 Å². The molecule has 7 nitrogen and oxygen atoms in total. The summed E-state index contributed by atoms with van der Waals surface area (Å²) >= 11 is 0. The molecule has 0 saturated carbocycles. The minimum Gasteiger partial charge on any atom is -0.508 e. The summed E-state index contributed by atoms with van der Waals surface area (Å²) in [4.78, 5) is 18.0. The highest BCUT2D eigenvalue weighted by molar-refractivity contribution is 5.76. The molecule has 2 aliphatic heterocycles. The van der Waals surface area contributed by atoms with Gasteiger partial charge in [0.25, 0.3) is 5.91 Å². The minimum atomic E-state index is -0.153. The Labute approximate surface area is 171 Å². The number of carbonyl (C=O) groups is 1. The maximum absolute atomic E-state index is 12.7. The maximum atomic E-state index is 12.7. The lowest BCUT2D eigenvalue weighted by Crippen LogP contribution is -3.15. The number of rotatable bonds is 5. The molecule has 0 bridgehead atoms. The molecule has 1 atom stereocenters. The molecule has 0 radical (unpaired) electrons. The van der Waals surface area contributed by atoms with Gasteiger partial charge in [-0.2, -0.15) is 0 Å². The lowest BCUT2D eigenvalue weighted by Gasteiger charge is -2.34. The highest BCUT2D eigenvalue weighted by Crippen LogP contribution is 2.30. The molecule has 0 unspecified atom stereocenters. The monoisotopic (exact) mass is 398 g/mol. The first-order valence-electron chi connectivity index (χ1n) is 10.1. The quantitative estimate of drug-likeness (QED) is 0.763. The van der Waals surface area contributed by atoms with Crippen molar-refractivity contribution >= 4 is 11.6 Å². The molecule has 2 N–H and O–H groups in total. The van der Waals surface area contributed by atoms with Crippen LogP contribution in [0.5, 0.6) is 17.2 Å². The van der Waals surface area contributed by atoms with Gasteiger partial charge in [-0.25, -0.2) is 0 Å². The molecule has 1 fully saturated rings. The summed E-state index contributed by atoms with van der Waals surface area (Å²) in [5, 5.41) is 9.43. The molecule has 2 aromatic rings. The van der Waals surface area contributed by atoms with Gasteiger partial charge in [0.15, 0.2) is 24.1 Å². The number of amides is 1. The van der Waals surface area contributed by atoms with Crippen molar-refractivity contribution in [2.75, 3.05) is 57.8 Å². The van der Waals surface area contributed by atoms with E-state index in [9.17, 15) is 9.90 Å². The number of ether oxygens (including phenoxy) is 2. The largest absolute Gasteiger partial charge is 0.508 e. The molecule has 0 spiro atoms. The summed E-state index contributed by atoms with van der Waals surface area (Å²) in [6.07, 6.45) is -0.153. The zero-order valence-electron chi connectivity index (χ0n) is 16.7. The van der Waals surface area contributed by atoms with Gasteiger partial charge in [0.05, 0.1) is 32.7 Å². The number of anilines is 1. The molecule has 154 valence electrons. The van der Waals surface area contributed by atoms with Crippen LogP contribution < -0.4 is 19.3 Å². The van der Waals surface area contributed by atoms with E-state index >= 15 is 0 Å². The van der Waals surface area contributed by atoms with Gasteiger partial charge in [-0.15, -0.1) is 0 Å². The number of phenolic OH excluding ortho intramolecular Hbond substituents is 1.